The van der Waals surface area contributed by atoms with E-state index in [0.29, 0.717) is 5.56 Å². The standard InChI is InChI=1S/C12H14Br2ClNOS/c13-10-6-7(11(14)18-10)12(17)16-9-5-3-1-2-4-8(9)15/h6,8-9H,1-5H2,(H,16,17). The van der Waals surface area contributed by atoms with Gasteiger partial charge < -0.3 is 5.32 Å². The van der Waals surface area contributed by atoms with Crippen molar-refractivity contribution in [2.24, 2.45) is 0 Å². The Morgan fingerprint density at radius 2 is 2.06 bits per heavy atom. The number of halogens is 3. The van der Waals surface area contributed by atoms with Gasteiger partial charge in [0.15, 0.2) is 0 Å². The largest absolute Gasteiger partial charge is 0.348 e. The van der Waals surface area contributed by atoms with Crippen molar-refractivity contribution in [3.8, 4) is 0 Å². The number of hydrogen-bond donors (Lipinski definition) is 1. The minimum atomic E-state index is -0.0404. The molecule has 0 aromatic carbocycles. The minimum Gasteiger partial charge on any atom is -0.348 e. The van der Waals surface area contributed by atoms with Crippen LogP contribution < -0.4 is 5.32 Å². The molecule has 1 amide bonds. The molecule has 1 aliphatic rings. The fourth-order valence-corrected chi connectivity index (χ4v) is 5.30. The molecule has 2 unspecified atom stereocenters. The summed E-state index contributed by atoms with van der Waals surface area (Å²) in [5, 5.41) is 3.12. The van der Waals surface area contributed by atoms with Gasteiger partial charge in [-0.25, -0.2) is 0 Å². The van der Waals surface area contributed by atoms with E-state index in [0.717, 1.165) is 33.3 Å². The van der Waals surface area contributed by atoms with E-state index in [1.807, 2.05) is 6.07 Å². The van der Waals surface area contributed by atoms with Crippen molar-refractivity contribution in [2.45, 2.75) is 43.5 Å². The SMILES string of the molecule is O=C(NC1CCCCCC1Cl)c1cc(Br)sc1Br. The summed E-state index contributed by atoms with van der Waals surface area (Å²) in [4.78, 5) is 12.2. The second-order valence-electron chi connectivity index (χ2n) is 4.47. The zero-order valence-electron chi connectivity index (χ0n) is 9.72. The lowest BCUT2D eigenvalue weighted by atomic mass is 10.1. The van der Waals surface area contributed by atoms with Crippen LogP contribution in [0.3, 0.4) is 0 Å². The number of amides is 1. The lowest BCUT2D eigenvalue weighted by molar-refractivity contribution is 0.0934. The first kappa shape index (κ1) is 14.8. The molecule has 1 N–H and O–H groups in total. The van der Waals surface area contributed by atoms with Crippen LogP contribution in [0.5, 0.6) is 0 Å². The van der Waals surface area contributed by atoms with E-state index in [1.165, 1.54) is 17.8 Å². The topological polar surface area (TPSA) is 29.1 Å². The van der Waals surface area contributed by atoms with Gasteiger partial charge in [0, 0.05) is 6.04 Å². The molecular formula is C12H14Br2ClNOS. The van der Waals surface area contributed by atoms with Crippen molar-refractivity contribution in [3.63, 3.8) is 0 Å². The van der Waals surface area contributed by atoms with Crippen molar-refractivity contribution < 1.29 is 4.79 Å². The number of rotatable bonds is 2. The Bertz CT molecular complexity index is 438. The van der Waals surface area contributed by atoms with Crippen LogP contribution in [-0.4, -0.2) is 17.3 Å². The number of nitrogens with one attached hydrogen (secondary N) is 1. The summed E-state index contributed by atoms with van der Waals surface area (Å²) in [5.41, 5.74) is 0.681. The summed E-state index contributed by atoms with van der Waals surface area (Å²) >= 11 is 14.6. The third-order valence-corrected chi connectivity index (χ3v) is 6.01. The summed E-state index contributed by atoms with van der Waals surface area (Å²) in [5.74, 6) is -0.0404. The fourth-order valence-electron chi connectivity index (χ4n) is 2.17. The van der Waals surface area contributed by atoms with E-state index in [1.54, 1.807) is 0 Å². The van der Waals surface area contributed by atoms with Crippen LogP contribution in [-0.2, 0) is 0 Å². The molecule has 1 aromatic heterocycles. The highest BCUT2D eigenvalue weighted by atomic mass is 79.9. The fraction of sp³-hybridized carbons (Fsp3) is 0.583. The van der Waals surface area contributed by atoms with Gasteiger partial charge in [0.1, 0.15) is 0 Å². The Morgan fingerprint density at radius 3 is 2.72 bits per heavy atom. The molecule has 0 aliphatic heterocycles. The molecule has 0 radical (unpaired) electrons. The molecule has 1 aromatic rings. The maximum atomic E-state index is 12.2. The summed E-state index contributed by atoms with van der Waals surface area (Å²) in [6.07, 6.45) is 5.48. The van der Waals surface area contributed by atoms with Gasteiger partial charge in [0.25, 0.3) is 5.91 Å². The summed E-state index contributed by atoms with van der Waals surface area (Å²) in [7, 11) is 0. The van der Waals surface area contributed by atoms with Crippen LogP contribution in [0.2, 0.25) is 0 Å². The van der Waals surface area contributed by atoms with Gasteiger partial charge in [-0.15, -0.1) is 22.9 Å². The molecule has 18 heavy (non-hydrogen) atoms. The highest BCUT2D eigenvalue weighted by molar-refractivity contribution is 9.12. The Labute approximate surface area is 133 Å². The second-order valence-corrected chi connectivity index (χ2v) is 8.78. The molecule has 1 saturated carbocycles. The number of carbonyl (C=O) groups is 1. The molecule has 1 aliphatic carbocycles. The van der Waals surface area contributed by atoms with Crippen molar-refractivity contribution in [2.75, 3.05) is 0 Å². The van der Waals surface area contributed by atoms with Gasteiger partial charge in [-0.2, -0.15) is 0 Å². The first-order valence-corrected chi connectivity index (χ1v) is 8.81. The molecular weight excluding hydrogens is 401 g/mol. The molecule has 0 spiro atoms. The van der Waals surface area contributed by atoms with Crippen LogP contribution in [0.25, 0.3) is 0 Å². The van der Waals surface area contributed by atoms with E-state index in [-0.39, 0.29) is 17.3 Å². The van der Waals surface area contributed by atoms with E-state index >= 15 is 0 Å². The van der Waals surface area contributed by atoms with Crippen LogP contribution in [0, 0.1) is 0 Å². The van der Waals surface area contributed by atoms with E-state index in [2.05, 4.69) is 37.2 Å². The first-order chi connectivity index (χ1) is 8.58. The zero-order chi connectivity index (χ0) is 13.1. The quantitative estimate of drug-likeness (QED) is 0.538. The van der Waals surface area contributed by atoms with Crippen molar-refractivity contribution in [1.29, 1.82) is 0 Å². The Balaban J connectivity index is 2.04. The molecule has 0 saturated heterocycles. The predicted molar refractivity (Wildman–Crippen MR) is 83.7 cm³/mol. The molecule has 100 valence electrons. The molecule has 0 bridgehead atoms. The molecule has 1 fully saturated rings. The number of alkyl halides is 1. The highest BCUT2D eigenvalue weighted by Gasteiger charge is 2.25. The van der Waals surface area contributed by atoms with E-state index in [9.17, 15) is 4.79 Å². The highest BCUT2D eigenvalue weighted by Crippen LogP contribution is 2.32. The van der Waals surface area contributed by atoms with Crippen LogP contribution >= 0.6 is 54.8 Å². The Kier molecular flexibility index (Phi) is 5.54. The summed E-state index contributed by atoms with van der Waals surface area (Å²) in [6, 6.07) is 1.93. The summed E-state index contributed by atoms with van der Waals surface area (Å²) < 4.78 is 1.80. The van der Waals surface area contributed by atoms with Gasteiger partial charge in [-0.1, -0.05) is 19.3 Å². The summed E-state index contributed by atoms with van der Waals surface area (Å²) in [6.45, 7) is 0. The lowest BCUT2D eigenvalue weighted by Crippen LogP contribution is -2.40. The van der Waals surface area contributed by atoms with Gasteiger partial charge in [0.2, 0.25) is 0 Å². The third kappa shape index (κ3) is 3.71. The van der Waals surface area contributed by atoms with Gasteiger partial charge in [-0.3, -0.25) is 4.79 Å². The maximum Gasteiger partial charge on any atom is 0.253 e. The Morgan fingerprint density at radius 1 is 1.33 bits per heavy atom. The second kappa shape index (κ2) is 6.73. The average Bonchev–Trinajstić information content (AvgIpc) is 2.52. The van der Waals surface area contributed by atoms with Crippen LogP contribution in [0.1, 0.15) is 42.5 Å². The van der Waals surface area contributed by atoms with Gasteiger partial charge in [0.05, 0.1) is 18.5 Å². The number of carbonyl (C=O) groups excluding carboxylic acids is 1. The maximum absolute atomic E-state index is 12.2. The average molecular weight is 416 g/mol. The molecule has 1 heterocycles. The molecule has 2 rings (SSSR count). The van der Waals surface area contributed by atoms with Crippen molar-refractivity contribution in [1.82, 2.24) is 5.32 Å². The van der Waals surface area contributed by atoms with Crippen molar-refractivity contribution >= 4 is 60.7 Å². The van der Waals surface area contributed by atoms with Gasteiger partial charge in [-0.05, 0) is 50.8 Å². The predicted octanol–water partition coefficient (Wildman–Crippen LogP) is 4.94. The number of hydrogen-bond acceptors (Lipinski definition) is 2. The molecule has 6 heteroatoms. The molecule has 2 nitrogen and oxygen atoms in total. The minimum absolute atomic E-state index is 0.0404. The third-order valence-electron chi connectivity index (χ3n) is 3.15. The van der Waals surface area contributed by atoms with Crippen LogP contribution in [0.4, 0.5) is 0 Å². The first-order valence-electron chi connectivity index (χ1n) is 5.97. The zero-order valence-corrected chi connectivity index (χ0v) is 14.5. The Hall–Kier alpha value is 0.420. The van der Waals surface area contributed by atoms with E-state index in [4.69, 9.17) is 11.6 Å². The normalized spacial score (nSPS) is 24.6. The van der Waals surface area contributed by atoms with Crippen LogP contribution in [0.15, 0.2) is 13.6 Å². The number of thiophene rings is 1. The van der Waals surface area contributed by atoms with Crippen molar-refractivity contribution in [3.05, 3.63) is 19.2 Å². The molecule has 2 atom stereocenters. The van der Waals surface area contributed by atoms with E-state index < -0.39 is 0 Å². The lowest BCUT2D eigenvalue weighted by Gasteiger charge is -2.20. The monoisotopic (exact) mass is 413 g/mol. The smallest absolute Gasteiger partial charge is 0.253 e. The van der Waals surface area contributed by atoms with Gasteiger partial charge >= 0.3 is 0 Å².